The van der Waals surface area contributed by atoms with Crippen LogP contribution in [-0.2, 0) is 0 Å². The highest BCUT2D eigenvalue weighted by atomic mass is 16.5. The summed E-state index contributed by atoms with van der Waals surface area (Å²) in [4.78, 5) is 16.8. The van der Waals surface area contributed by atoms with Crippen LogP contribution in [0.4, 0.5) is 0 Å². The molecular formula is C25H27N5O3. The third kappa shape index (κ3) is 4.51. The Morgan fingerprint density at radius 3 is 2.73 bits per heavy atom. The summed E-state index contributed by atoms with van der Waals surface area (Å²) in [6.45, 7) is 4.66. The molecule has 8 nitrogen and oxygen atoms in total. The number of hydrogen-bond donors (Lipinski definition) is 1. The molecule has 0 saturated heterocycles. The highest BCUT2D eigenvalue weighted by Crippen LogP contribution is 2.36. The molecule has 3 aromatic heterocycles. The largest absolute Gasteiger partial charge is 0.419 e. The Labute approximate surface area is 191 Å². The minimum absolute atomic E-state index is 0.208. The number of nitrogens with zero attached hydrogens (tertiary/aromatic N) is 4. The summed E-state index contributed by atoms with van der Waals surface area (Å²) >= 11 is 0. The van der Waals surface area contributed by atoms with Gasteiger partial charge in [-0.25, -0.2) is 0 Å². The zero-order valence-corrected chi connectivity index (χ0v) is 18.8. The number of carbonyl (C=O) groups is 1. The van der Waals surface area contributed by atoms with E-state index in [2.05, 4.69) is 25.7 Å². The van der Waals surface area contributed by atoms with Gasteiger partial charge in [-0.3, -0.25) is 9.78 Å². The molecule has 1 amide bonds. The molecule has 0 atom stereocenters. The Hall–Kier alpha value is -3.55. The third-order valence-electron chi connectivity index (χ3n) is 6.41. The molecule has 0 aliphatic heterocycles. The third-order valence-corrected chi connectivity index (χ3v) is 6.41. The standard InChI is InChI=1S/C25H27N5O3/c1-15(2)20-13-21(33-30-20)23(31)27-14-16-7-9-18(10-8-16)24-28-29-25(32-24)22-19-6-4-3-5-17(19)11-12-26-22/h3-6,11-13,15-16,18H,7-10,14H2,1-2H3,(H,27,31). The van der Waals surface area contributed by atoms with Gasteiger partial charge in [-0.15, -0.1) is 10.2 Å². The number of benzene rings is 1. The molecule has 0 spiro atoms. The van der Waals surface area contributed by atoms with Crippen LogP contribution in [0.3, 0.4) is 0 Å². The summed E-state index contributed by atoms with van der Waals surface area (Å²) in [5.74, 6) is 2.07. The summed E-state index contributed by atoms with van der Waals surface area (Å²) in [7, 11) is 0. The second-order valence-electron chi connectivity index (χ2n) is 9.02. The van der Waals surface area contributed by atoms with E-state index < -0.39 is 0 Å². The second-order valence-corrected chi connectivity index (χ2v) is 9.02. The minimum atomic E-state index is -0.208. The number of nitrogens with one attached hydrogen (secondary N) is 1. The van der Waals surface area contributed by atoms with E-state index in [0.717, 1.165) is 47.8 Å². The molecule has 1 saturated carbocycles. The number of fused-ring (bicyclic) bond motifs is 1. The van der Waals surface area contributed by atoms with Crippen LogP contribution in [0.1, 0.15) is 73.5 Å². The van der Waals surface area contributed by atoms with E-state index in [1.54, 1.807) is 12.3 Å². The van der Waals surface area contributed by atoms with Gasteiger partial charge in [0.05, 0.1) is 5.69 Å². The molecule has 8 heteroatoms. The van der Waals surface area contributed by atoms with Crippen LogP contribution >= 0.6 is 0 Å². The second kappa shape index (κ2) is 9.13. The molecular weight excluding hydrogens is 418 g/mol. The van der Waals surface area contributed by atoms with E-state index in [9.17, 15) is 4.79 Å². The van der Waals surface area contributed by atoms with Gasteiger partial charge in [0.15, 0.2) is 0 Å². The van der Waals surface area contributed by atoms with E-state index in [0.29, 0.717) is 24.2 Å². The number of rotatable bonds is 6. The number of hydrogen-bond acceptors (Lipinski definition) is 7. The summed E-state index contributed by atoms with van der Waals surface area (Å²) in [5, 5.41) is 17.7. The first kappa shape index (κ1) is 21.3. The zero-order valence-electron chi connectivity index (χ0n) is 18.8. The van der Waals surface area contributed by atoms with Gasteiger partial charge in [0.25, 0.3) is 11.8 Å². The van der Waals surface area contributed by atoms with Crippen molar-refractivity contribution in [3.05, 3.63) is 59.9 Å². The zero-order chi connectivity index (χ0) is 22.8. The van der Waals surface area contributed by atoms with Gasteiger partial charge < -0.3 is 14.3 Å². The number of aromatic nitrogens is 4. The van der Waals surface area contributed by atoms with Crippen molar-refractivity contribution in [1.29, 1.82) is 0 Å². The fraction of sp³-hybridized carbons (Fsp3) is 0.400. The minimum Gasteiger partial charge on any atom is -0.419 e. The molecule has 4 aromatic rings. The first-order valence-corrected chi connectivity index (χ1v) is 11.5. The maximum absolute atomic E-state index is 12.4. The van der Waals surface area contributed by atoms with E-state index >= 15 is 0 Å². The van der Waals surface area contributed by atoms with Crippen LogP contribution in [0.5, 0.6) is 0 Å². The van der Waals surface area contributed by atoms with Gasteiger partial charge in [0.1, 0.15) is 5.69 Å². The summed E-state index contributed by atoms with van der Waals surface area (Å²) in [5.41, 5.74) is 1.51. The normalized spacial score (nSPS) is 18.6. The fourth-order valence-electron chi connectivity index (χ4n) is 4.39. The first-order chi connectivity index (χ1) is 16.1. The van der Waals surface area contributed by atoms with Crippen molar-refractivity contribution in [1.82, 2.24) is 25.7 Å². The Kier molecular flexibility index (Phi) is 5.90. The average Bonchev–Trinajstić information content (AvgIpc) is 3.53. The Morgan fingerprint density at radius 2 is 1.94 bits per heavy atom. The van der Waals surface area contributed by atoms with Crippen molar-refractivity contribution in [3.8, 4) is 11.6 Å². The lowest BCUT2D eigenvalue weighted by Crippen LogP contribution is -2.30. The van der Waals surface area contributed by atoms with Crippen LogP contribution in [0.2, 0.25) is 0 Å². The van der Waals surface area contributed by atoms with Crippen molar-refractivity contribution in [2.24, 2.45) is 5.92 Å². The van der Waals surface area contributed by atoms with Crippen LogP contribution < -0.4 is 5.32 Å². The predicted molar refractivity (Wildman–Crippen MR) is 123 cm³/mol. The summed E-state index contributed by atoms with van der Waals surface area (Å²) < 4.78 is 11.2. The molecule has 1 aliphatic rings. The van der Waals surface area contributed by atoms with E-state index in [4.69, 9.17) is 8.94 Å². The monoisotopic (exact) mass is 445 g/mol. The molecule has 1 aliphatic carbocycles. The number of amides is 1. The van der Waals surface area contributed by atoms with Gasteiger partial charge in [-0.05, 0) is 49.0 Å². The first-order valence-electron chi connectivity index (χ1n) is 11.5. The fourth-order valence-corrected chi connectivity index (χ4v) is 4.39. The van der Waals surface area contributed by atoms with Gasteiger partial charge in [0.2, 0.25) is 11.7 Å². The average molecular weight is 446 g/mol. The van der Waals surface area contributed by atoms with E-state index in [1.165, 1.54) is 0 Å². The molecule has 33 heavy (non-hydrogen) atoms. The van der Waals surface area contributed by atoms with Crippen molar-refractivity contribution in [2.45, 2.75) is 51.4 Å². The predicted octanol–water partition coefficient (Wildman–Crippen LogP) is 5.10. The Balaban J connectivity index is 1.17. The lowest BCUT2D eigenvalue weighted by molar-refractivity contribution is 0.0905. The smallest absolute Gasteiger partial charge is 0.289 e. The lowest BCUT2D eigenvalue weighted by atomic mass is 9.82. The molecule has 0 radical (unpaired) electrons. The molecule has 3 heterocycles. The number of carbonyl (C=O) groups excluding carboxylic acids is 1. The maximum atomic E-state index is 12.4. The summed E-state index contributed by atoms with van der Waals surface area (Å²) in [6, 6.07) is 11.7. The highest BCUT2D eigenvalue weighted by molar-refractivity contribution is 5.92. The van der Waals surface area contributed by atoms with Crippen LogP contribution in [0.15, 0.2) is 51.5 Å². The van der Waals surface area contributed by atoms with Crippen molar-refractivity contribution in [3.63, 3.8) is 0 Å². The van der Waals surface area contributed by atoms with Crippen molar-refractivity contribution >= 4 is 16.7 Å². The van der Waals surface area contributed by atoms with Crippen LogP contribution in [0, 0.1) is 5.92 Å². The van der Waals surface area contributed by atoms with Gasteiger partial charge in [-0.2, -0.15) is 0 Å². The Bertz CT molecular complexity index is 1250. The van der Waals surface area contributed by atoms with Crippen LogP contribution in [-0.4, -0.2) is 32.8 Å². The molecule has 5 rings (SSSR count). The quantitative estimate of drug-likeness (QED) is 0.440. The molecule has 0 unspecified atom stereocenters. The SMILES string of the molecule is CC(C)c1cc(C(=O)NCC2CCC(c3nnc(-c4nccc5ccccc45)o3)CC2)on1. The molecule has 0 bridgehead atoms. The van der Waals surface area contributed by atoms with Gasteiger partial charge in [0, 0.05) is 30.1 Å². The summed E-state index contributed by atoms with van der Waals surface area (Å²) in [6.07, 6.45) is 5.64. The molecule has 1 aromatic carbocycles. The molecule has 1 fully saturated rings. The van der Waals surface area contributed by atoms with Gasteiger partial charge >= 0.3 is 0 Å². The Morgan fingerprint density at radius 1 is 1.12 bits per heavy atom. The maximum Gasteiger partial charge on any atom is 0.289 e. The van der Waals surface area contributed by atoms with E-state index in [-0.39, 0.29) is 23.5 Å². The highest BCUT2D eigenvalue weighted by Gasteiger charge is 2.27. The molecule has 170 valence electrons. The van der Waals surface area contributed by atoms with Crippen molar-refractivity contribution < 1.29 is 13.7 Å². The lowest BCUT2D eigenvalue weighted by Gasteiger charge is -2.26. The molecule has 1 N–H and O–H groups in total. The van der Waals surface area contributed by atoms with E-state index in [1.807, 2.05) is 44.2 Å². The van der Waals surface area contributed by atoms with Gasteiger partial charge in [-0.1, -0.05) is 43.3 Å². The topological polar surface area (TPSA) is 107 Å². The van der Waals surface area contributed by atoms with Crippen molar-refractivity contribution in [2.75, 3.05) is 6.54 Å². The van der Waals surface area contributed by atoms with Crippen LogP contribution in [0.25, 0.3) is 22.4 Å². The number of pyridine rings is 1.